The third-order valence-electron chi connectivity index (χ3n) is 14.0. The summed E-state index contributed by atoms with van der Waals surface area (Å²) >= 11 is 0. The van der Waals surface area contributed by atoms with Gasteiger partial charge in [0.1, 0.15) is 0 Å². The van der Waals surface area contributed by atoms with Gasteiger partial charge in [0.15, 0.2) is 8.07 Å². The second-order valence-electron chi connectivity index (χ2n) is 17.2. The third-order valence-corrected chi connectivity index (χ3v) is 18.8. The fourth-order valence-electron chi connectivity index (χ4n) is 11.4. The van der Waals surface area contributed by atoms with Crippen LogP contribution in [0.3, 0.4) is 0 Å². The zero-order valence-electron chi connectivity index (χ0n) is 35.2. The Bertz CT molecular complexity index is 3530. The molecule has 0 saturated carbocycles. The van der Waals surface area contributed by atoms with Gasteiger partial charge in [-0.2, -0.15) is 0 Å². The molecule has 302 valence electrons. The van der Waals surface area contributed by atoms with Crippen molar-refractivity contribution in [3.8, 4) is 11.4 Å². The maximum atomic E-state index is 2.61. The molecule has 0 spiro atoms. The zero-order chi connectivity index (χ0) is 42.2. The number of aromatic nitrogens is 2. The van der Waals surface area contributed by atoms with Crippen LogP contribution < -0.4 is 25.6 Å². The summed E-state index contributed by atoms with van der Waals surface area (Å²) in [6.45, 7) is 0. The van der Waals surface area contributed by atoms with Gasteiger partial charge in [-0.15, -0.1) is 0 Å². The van der Waals surface area contributed by atoms with Gasteiger partial charge < -0.3 is 14.0 Å². The number of benzene rings is 9. The van der Waals surface area contributed by atoms with Crippen molar-refractivity contribution in [3.63, 3.8) is 0 Å². The molecule has 3 heterocycles. The Kier molecular flexibility index (Phi) is 8.37. The molecular weight excluding hydrogens is 791 g/mol. The van der Waals surface area contributed by atoms with Crippen LogP contribution >= 0.6 is 0 Å². The normalized spacial score (nSPS) is 15.7. The van der Waals surface area contributed by atoms with E-state index in [1.807, 2.05) is 0 Å². The number of para-hydroxylation sites is 4. The first kappa shape index (κ1) is 36.7. The van der Waals surface area contributed by atoms with E-state index in [-0.39, 0.29) is 6.04 Å². The first-order valence-electron chi connectivity index (χ1n) is 22.4. The minimum absolute atomic E-state index is 0.195. The average molecular weight is 834 g/mol. The molecule has 1 aliphatic heterocycles. The van der Waals surface area contributed by atoms with Crippen molar-refractivity contribution in [1.29, 1.82) is 0 Å². The van der Waals surface area contributed by atoms with Crippen LogP contribution in [0.4, 0.5) is 11.4 Å². The largest absolute Gasteiger partial charge is 0.333 e. The molecule has 0 fully saturated rings. The van der Waals surface area contributed by atoms with Crippen LogP contribution in [0.1, 0.15) is 11.5 Å². The first-order valence-corrected chi connectivity index (χ1v) is 24.4. The van der Waals surface area contributed by atoms with Gasteiger partial charge in [-0.1, -0.05) is 200 Å². The van der Waals surface area contributed by atoms with E-state index in [0.29, 0.717) is 5.92 Å². The van der Waals surface area contributed by atoms with Crippen LogP contribution in [0.2, 0.25) is 0 Å². The molecule has 11 aromatic rings. The molecule has 0 bridgehead atoms. The van der Waals surface area contributed by atoms with Crippen molar-refractivity contribution < 1.29 is 0 Å². The van der Waals surface area contributed by atoms with Crippen LogP contribution in [-0.2, 0) is 0 Å². The molecule has 0 N–H and O–H groups in total. The maximum Gasteiger partial charge on any atom is 0.181 e. The summed E-state index contributed by atoms with van der Waals surface area (Å²) in [6, 6.07) is 84.3. The molecule has 0 radical (unpaired) electrons. The van der Waals surface area contributed by atoms with Gasteiger partial charge in [-0.25, -0.2) is 0 Å². The van der Waals surface area contributed by atoms with Gasteiger partial charge in [0.05, 0.1) is 28.1 Å². The van der Waals surface area contributed by atoms with E-state index < -0.39 is 8.07 Å². The molecule has 4 heteroatoms. The van der Waals surface area contributed by atoms with Gasteiger partial charge in [-0.05, 0) is 74.8 Å². The lowest BCUT2D eigenvalue weighted by Crippen LogP contribution is -2.75. The highest BCUT2D eigenvalue weighted by atomic mass is 28.3. The Morgan fingerprint density at radius 3 is 1.61 bits per heavy atom. The highest BCUT2D eigenvalue weighted by Crippen LogP contribution is 2.48. The molecule has 2 atom stereocenters. The van der Waals surface area contributed by atoms with Crippen molar-refractivity contribution in [2.24, 2.45) is 0 Å². The topological polar surface area (TPSA) is 13.1 Å². The lowest BCUT2D eigenvalue weighted by molar-refractivity contribution is 0.745. The summed E-state index contributed by atoms with van der Waals surface area (Å²) in [4.78, 5) is 2.57. The fraction of sp³-hybridized carbons (Fsp3) is 0.0333. The summed E-state index contributed by atoms with van der Waals surface area (Å²) in [5, 5.41) is 10.4. The SMILES string of the molecule is C1=CC2c3ccccc3N(c3ccc4c5cccc([Si](c6ccccc6)(c6ccccc6)c6ccccc6)c5n(-c5ccc6c7ccccc7n(-c7ccccc7)c6c5)c4c3)C2C=C1. The third kappa shape index (κ3) is 5.33. The van der Waals surface area contributed by atoms with Gasteiger partial charge in [0, 0.05) is 50.2 Å². The molecule has 9 aromatic carbocycles. The van der Waals surface area contributed by atoms with Crippen molar-refractivity contribution in [3.05, 3.63) is 254 Å². The molecule has 64 heavy (non-hydrogen) atoms. The molecule has 3 nitrogen and oxygen atoms in total. The molecule has 2 aromatic heterocycles. The molecule has 13 rings (SSSR count). The van der Waals surface area contributed by atoms with Gasteiger partial charge in [0.2, 0.25) is 0 Å². The average Bonchev–Trinajstić information content (AvgIpc) is 4.01. The summed E-state index contributed by atoms with van der Waals surface area (Å²) < 4.78 is 5.05. The van der Waals surface area contributed by atoms with Crippen molar-refractivity contribution in [2.75, 3.05) is 4.90 Å². The van der Waals surface area contributed by atoms with Crippen LogP contribution in [0.5, 0.6) is 0 Å². The van der Waals surface area contributed by atoms with Crippen LogP contribution in [0.15, 0.2) is 249 Å². The number of fused-ring (bicyclic) bond motifs is 9. The minimum Gasteiger partial charge on any atom is -0.333 e. The smallest absolute Gasteiger partial charge is 0.181 e. The predicted molar refractivity (Wildman–Crippen MR) is 272 cm³/mol. The molecule has 1 aliphatic carbocycles. The number of hydrogen-bond acceptors (Lipinski definition) is 1. The highest BCUT2D eigenvalue weighted by molar-refractivity contribution is 7.20. The summed E-state index contributed by atoms with van der Waals surface area (Å²) in [6.07, 6.45) is 9.16. The maximum absolute atomic E-state index is 3.00. The fourth-order valence-corrected chi connectivity index (χ4v) is 16.3. The van der Waals surface area contributed by atoms with Crippen molar-refractivity contribution in [2.45, 2.75) is 12.0 Å². The monoisotopic (exact) mass is 833 g/mol. The quantitative estimate of drug-likeness (QED) is 0.115. The molecular formula is C60H43N3Si. The lowest BCUT2D eigenvalue weighted by atomic mass is 9.91. The number of hydrogen-bond donors (Lipinski definition) is 0. The Balaban J connectivity index is 1.18. The molecule has 2 aliphatic rings. The summed E-state index contributed by atoms with van der Waals surface area (Å²) in [5.74, 6) is 0.297. The number of rotatable bonds is 7. The van der Waals surface area contributed by atoms with Crippen molar-refractivity contribution in [1.82, 2.24) is 9.13 Å². The van der Waals surface area contributed by atoms with Crippen LogP contribution in [0.25, 0.3) is 55.0 Å². The van der Waals surface area contributed by atoms with E-state index in [9.17, 15) is 0 Å². The Labute approximate surface area is 373 Å². The van der Waals surface area contributed by atoms with Crippen LogP contribution in [0, 0.1) is 0 Å². The number of anilines is 2. The Morgan fingerprint density at radius 2 is 0.891 bits per heavy atom. The highest BCUT2D eigenvalue weighted by Gasteiger charge is 2.44. The Morgan fingerprint density at radius 1 is 0.359 bits per heavy atom. The first-order chi connectivity index (χ1) is 31.8. The molecule has 0 amide bonds. The Hall–Kier alpha value is -7.92. The number of nitrogens with zero attached hydrogens (tertiary/aromatic N) is 3. The van der Waals surface area contributed by atoms with E-state index in [1.165, 1.54) is 81.3 Å². The summed E-state index contributed by atoms with van der Waals surface area (Å²) in [7, 11) is -3.00. The van der Waals surface area contributed by atoms with Gasteiger partial charge >= 0.3 is 0 Å². The summed E-state index contributed by atoms with van der Waals surface area (Å²) in [5.41, 5.74) is 10.9. The van der Waals surface area contributed by atoms with Crippen LogP contribution in [-0.4, -0.2) is 23.2 Å². The standard InChI is InChI=1S/C60H43N3Si/c1-5-20-42(21-6-1)61-54-32-16-15-30-50(54)51-38-37-44(41-57(51)61)63-58-40-43(62-55-33-17-13-28-48(55)49-29-14-18-34-56(49)62)36-39-52(58)53-31-19-35-59(60(53)63)64(45-22-7-2-8-23-45,46-24-9-3-10-25-46)47-26-11-4-12-27-47/h1-41,48,55H. The second kappa shape index (κ2) is 14.6. The molecule has 2 unspecified atom stereocenters. The van der Waals surface area contributed by atoms with Crippen molar-refractivity contribution >= 4 is 83.8 Å². The number of allylic oxidation sites excluding steroid dienone is 2. The van der Waals surface area contributed by atoms with E-state index in [2.05, 4.69) is 263 Å². The van der Waals surface area contributed by atoms with E-state index in [4.69, 9.17) is 0 Å². The van der Waals surface area contributed by atoms with Gasteiger partial charge in [0.25, 0.3) is 0 Å². The van der Waals surface area contributed by atoms with E-state index in [1.54, 1.807) is 0 Å². The minimum atomic E-state index is -3.00. The zero-order valence-corrected chi connectivity index (χ0v) is 36.2. The predicted octanol–water partition coefficient (Wildman–Crippen LogP) is 12.0. The molecule has 0 saturated heterocycles. The lowest BCUT2D eigenvalue weighted by Gasteiger charge is -2.35. The van der Waals surface area contributed by atoms with E-state index >= 15 is 0 Å². The van der Waals surface area contributed by atoms with Gasteiger partial charge in [-0.3, -0.25) is 0 Å². The second-order valence-corrected chi connectivity index (χ2v) is 21.0. The van der Waals surface area contributed by atoms with E-state index in [0.717, 1.165) is 11.4 Å².